The van der Waals surface area contributed by atoms with E-state index in [0.717, 1.165) is 18.3 Å². The number of piperidine rings is 3. The molecule has 1 aromatic heterocycles. The van der Waals surface area contributed by atoms with Crippen LogP contribution >= 0.6 is 0 Å². The van der Waals surface area contributed by atoms with Gasteiger partial charge in [0.05, 0.1) is 12.1 Å². The Morgan fingerprint density at radius 3 is 2.64 bits per heavy atom. The van der Waals surface area contributed by atoms with Crippen LogP contribution in [0.3, 0.4) is 0 Å². The van der Waals surface area contributed by atoms with Gasteiger partial charge in [-0.05, 0) is 63.4 Å². The lowest BCUT2D eigenvalue weighted by Crippen LogP contribution is -2.46. The Morgan fingerprint density at radius 2 is 2.00 bits per heavy atom. The van der Waals surface area contributed by atoms with Gasteiger partial charge in [-0.3, -0.25) is 0 Å². The Morgan fingerprint density at radius 1 is 1.23 bits per heavy atom. The van der Waals surface area contributed by atoms with Crippen molar-refractivity contribution in [3.8, 4) is 5.75 Å². The molecule has 0 radical (unpaired) electrons. The van der Waals surface area contributed by atoms with Gasteiger partial charge in [-0.25, -0.2) is 0 Å². The van der Waals surface area contributed by atoms with E-state index in [1.54, 1.807) is 5.56 Å². The second-order valence-corrected chi connectivity index (χ2v) is 6.91. The zero-order valence-electron chi connectivity index (χ0n) is 13.9. The number of nitrogens with zero attached hydrogens (tertiary/aromatic N) is 2. The molecule has 0 N–H and O–H groups in total. The Kier molecular flexibility index (Phi) is 3.41. The molecule has 22 heavy (non-hydrogen) atoms. The van der Waals surface area contributed by atoms with Crippen LogP contribution in [0.1, 0.15) is 36.9 Å². The highest BCUT2D eigenvalue weighted by Crippen LogP contribution is 2.43. The number of benzene rings is 1. The van der Waals surface area contributed by atoms with E-state index in [2.05, 4.69) is 41.6 Å². The monoisotopic (exact) mass is 298 g/mol. The number of hydrogen-bond donors (Lipinski definition) is 0. The first-order chi connectivity index (χ1) is 10.7. The first-order valence-electron chi connectivity index (χ1n) is 8.63. The van der Waals surface area contributed by atoms with Gasteiger partial charge >= 0.3 is 0 Å². The molecule has 0 saturated carbocycles. The van der Waals surface area contributed by atoms with E-state index < -0.39 is 0 Å². The fourth-order valence-electron chi connectivity index (χ4n) is 4.59. The van der Waals surface area contributed by atoms with Gasteiger partial charge in [0.15, 0.2) is 0 Å². The van der Waals surface area contributed by atoms with Crippen molar-refractivity contribution in [3.05, 3.63) is 29.5 Å². The zero-order valence-corrected chi connectivity index (χ0v) is 13.9. The lowest BCUT2D eigenvalue weighted by molar-refractivity contribution is 0.0873. The molecule has 1 atom stereocenters. The molecule has 3 heteroatoms. The fourth-order valence-corrected chi connectivity index (χ4v) is 4.59. The molecule has 0 amide bonds. The molecule has 3 aliphatic rings. The Hall–Kier alpha value is -1.48. The topological polar surface area (TPSA) is 17.4 Å². The Bertz CT molecular complexity index is 695. The van der Waals surface area contributed by atoms with E-state index in [4.69, 9.17) is 4.74 Å². The van der Waals surface area contributed by atoms with Gasteiger partial charge in [0.1, 0.15) is 5.75 Å². The van der Waals surface area contributed by atoms with Crippen molar-refractivity contribution in [1.82, 2.24) is 9.47 Å². The highest BCUT2D eigenvalue weighted by Gasteiger charge is 2.37. The third-order valence-electron chi connectivity index (χ3n) is 5.85. The lowest BCUT2D eigenvalue weighted by Gasteiger charge is -2.45. The third kappa shape index (κ3) is 2.06. The van der Waals surface area contributed by atoms with E-state index >= 15 is 0 Å². The lowest BCUT2D eigenvalue weighted by atomic mass is 9.75. The molecule has 2 bridgehead atoms. The van der Waals surface area contributed by atoms with Gasteiger partial charge in [-0.1, -0.05) is 0 Å². The number of hydrogen-bond acceptors (Lipinski definition) is 2. The van der Waals surface area contributed by atoms with E-state index in [1.807, 2.05) is 6.92 Å². The van der Waals surface area contributed by atoms with E-state index in [1.165, 1.54) is 49.1 Å². The molecular weight excluding hydrogens is 272 g/mol. The minimum atomic E-state index is 0.712. The molecule has 3 fully saturated rings. The smallest absolute Gasteiger partial charge is 0.121 e. The molecule has 2 aromatic rings. The summed E-state index contributed by atoms with van der Waals surface area (Å²) < 4.78 is 8.04. The predicted molar refractivity (Wildman–Crippen MR) is 90.7 cm³/mol. The van der Waals surface area contributed by atoms with Crippen LogP contribution in [0.4, 0.5) is 0 Å². The van der Waals surface area contributed by atoms with Crippen LogP contribution in [-0.4, -0.2) is 35.7 Å². The summed E-state index contributed by atoms with van der Waals surface area (Å²) in [5, 5.41) is 1.43. The average Bonchev–Trinajstić information content (AvgIpc) is 2.80. The van der Waals surface area contributed by atoms with Crippen molar-refractivity contribution < 1.29 is 4.74 Å². The molecule has 5 rings (SSSR count). The van der Waals surface area contributed by atoms with Crippen LogP contribution in [-0.2, 0) is 7.05 Å². The summed E-state index contributed by atoms with van der Waals surface area (Å²) in [5.74, 6) is 2.57. The average molecular weight is 298 g/mol. The largest absolute Gasteiger partial charge is 0.494 e. The van der Waals surface area contributed by atoms with Crippen LogP contribution < -0.4 is 4.74 Å². The molecular formula is C19H26N2O. The van der Waals surface area contributed by atoms with Gasteiger partial charge in [0.2, 0.25) is 0 Å². The number of aromatic nitrogens is 1. The fraction of sp³-hybridized carbons (Fsp3) is 0.579. The maximum Gasteiger partial charge on any atom is 0.121 e. The summed E-state index contributed by atoms with van der Waals surface area (Å²) in [6.45, 7) is 8.91. The minimum absolute atomic E-state index is 0.712. The van der Waals surface area contributed by atoms with Gasteiger partial charge in [0.25, 0.3) is 0 Å². The molecule has 1 aromatic carbocycles. The summed E-state index contributed by atoms with van der Waals surface area (Å²) in [5.41, 5.74) is 4.34. The first kappa shape index (κ1) is 14.1. The summed E-state index contributed by atoms with van der Waals surface area (Å²) in [7, 11) is 2.19. The second kappa shape index (κ2) is 5.31. The zero-order chi connectivity index (χ0) is 15.3. The van der Waals surface area contributed by atoms with E-state index in [9.17, 15) is 0 Å². The quantitative estimate of drug-likeness (QED) is 0.860. The number of rotatable bonds is 3. The number of fused-ring (bicyclic) bond motifs is 4. The van der Waals surface area contributed by atoms with Gasteiger partial charge in [-0.15, -0.1) is 0 Å². The van der Waals surface area contributed by atoms with Crippen LogP contribution in [0.5, 0.6) is 5.75 Å². The molecule has 3 nitrogen and oxygen atoms in total. The van der Waals surface area contributed by atoms with Crippen LogP contribution in [0.25, 0.3) is 10.9 Å². The Balaban J connectivity index is 1.82. The molecule has 3 saturated heterocycles. The minimum Gasteiger partial charge on any atom is -0.494 e. The summed E-state index contributed by atoms with van der Waals surface area (Å²) in [6, 6.07) is 6.62. The number of ether oxygens (including phenoxy) is 1. The van der Waals surface area contributed by atoms with Gasteiger partial charge < -0.3 is 14.2 Å². The van der Waals surface area contributed by atoms with E-state index in [0.29, 0.717) is 5.92 Å². The molecule has 1 unspecified atom stereocenters. The molecule has 0 aliphatic carbocycles. The molecule has 0 spiro atoms. The normalized spacial score (nSPS) is 27.5. The van der Waals surface area contributed by atoms with Crippen LogP contribution in [0.15, 0.2) is 18.2 Å². The molecule has 3 aliphatic heterocycles. The van der Waals surface area contributed by atoms with Crippen molar-refractivity contribution in [2.24, 2.45) is 13.0 Å². The predicted octanol–water partition coefficient (Wildman–Crippen LogP) is 3.69. The summed E-state index contributed by atoms with van der Waals surface area (Å²) in [4.78, 5) is 2.65. The van der Waals surface area contributed by atoms with Crippen molar-refractivity contribution in [2.75, 3.05) is 26.2 Å². The summed E-state index contributed by atoms with van der Waals surface area (Å²) >= 11 is 0. The summed E-state index contributed by atoms with van der Waals surface area (Å²) in [6.07, 6.45) is 2.75. The van der Waals surface area contributed by atoms with E-state index in [-0.39, 0.29) is 0 Å². The maximum atomic E-state index is 5.69. The molecule has 4 heterocycles. The third-order valence-corrected chi connectivity index (χ3v) is 5.85. The van der Waals surface area contributed by atoms with Crippen molar-refractivity contribution in [1.29, 1.82) is 0 Å². The highest BCUT2D eigenvalue weighted by atomic mass is 16.5. The Labute approximate surface area is 132 Å². The van der Waals surface area contributed by atoms with Gasteiger partial charge in [0, 0.05) is 36.7 Å². The van der Waals surface area contributed by atoms with Crippen molar-refractivity contribution in [3.63, 3.8) is 0 Å². The van der Waals surface area contributed by atoms with Crippen molar-refractivity contribution in [2.45, 2.75) is 32.6 Å². The molecule has 118 valence electrons. The second-order valence-electron chi connectivity index (χ2n) is 6.91. The first-order valence-corrected chi connectivity index (χ1v) is 8.63. The van der Waals surface area contributed by atoms with Crippen LogP contribution in [0, 0.1) is 12.8 Å². The van der Waals surface area contributed by atoms with Crippen LogP contribution in [0.2, 0.25) is 0 Å². The number of aryl methyl sites for hydroxylation is 1. The highest BCUT2D eigenvalue weighted by molar-refractivity contribution is 5.87. The maximum absolute atomic E-state index is 5.69. The standard InChI is InChI=1S/C19H26N2O/c1-4-22-15-5-6-16-18(11-15)20(3)13(2)19(16)17-12-21-9-7-14(17)8-10-21/h5-6,11,14,17H,4,7-10,12H2,1-3H3. The SMILES string of the molecule is CCOc1ccc2c(C3CN4CCC3CC4)c(C)n(C)c2c1. The van der Waals surface area contributed by atoms with Crippen molar-refractivity contribution >= 4 is 10.9 Å². The van der Waals surface area contributed by atoms with Gasteiger partial charge in [-0.2, -0.15) is 0 Å².